The third kappa shape index (κ3) is 5.74. The van der Waals surface area contributed by atoms with Gasteiger partial charge in [-0.1, -0.05) is 59.1 Å². The second-order valence-electron chi connectivity index (χ2n) is 7.70. The van der Waals surface area contributed by atoms with Crippen LogP contribution in [0.4, 0.5) is 0 Å². The summed E-state index contributed by atoms with van der Waals surface area (Å²) in [6, 6.07) is 16.1. The van der Waals surface area contributed by atoms with Gasteiger partial charge in [-0.25, -0.2) is 8.42 Å². The average molecular weight is 528 g/mol. The zero-order valence-corrected chi connectivity index (χ0v) is 20.7. The van der Waals surface area contributed by atoms with Crippen LogP contribution in [0.1, 0.15) is 6.42 Å². The highest BCUT2D eigenvalue weighted by molar-refractivity contribution is 7.89. The zero-order valence-electron chi connectivity index (χ0n) is 17.6. The first-order valence-corrected chi connectivity index (χ1v) is 12.7. The van der Waals surface area contributed by atoms with E-state index in [2.05, 4.69) is 9.79 Å². The predicted molar refractivity (Wildman–Crippen MR) is 131 cm³/mol. The number of benzene rings is 3. The molecule has 1 atom stereocenters. The van der Waals surface area contributed by atoms with E-state index in [1.54, 1.807) is 42.5 Å². The van der Waals surface area contributed by atoms with E-state index in [9.17, 15) is 8.42 Å². The summed E-state index contributed by atoms with van der Waals surface area (Å²) in [5, 5.41) is 1.04. The van der Waals surface area contributed by atoms with Crippen LogP contribution in [-0.4, -0.2) is 39.6 Å². The van der Waals surface area contributed by atoms with Crippen LogP contribution < -0.4 is 14.5 Å². The summed E-state index contributed by atoms with van der Waals surface area (Å²) in [5.41, 5.74) is 1.08. The van der Waals surface area contributed by atoms with E-state index >= 15 is 0 Å². The lowest BCUT2D eigenvalue weighted by atomic mass is 10.0. The smallest absolute Gasteiger partial charge is 0.271 e. The Morgan fingerprint density at radius 3 is 2.42 bits per heavy atom. The normalized spacial score (nSPS) is 16.7. The molecule has 1 heterocycles. The Kier molecular flexibility index (Phi) is 7.38. The molecule has 1 aliphatic heterocycles. The molecule has 1 saturated heterocycles. The number of sulfonamides is 1. The van der Waals surface area contributed by atoms with Crippen molar-refractivity contribution in [1.82, 2.24) is 9.79 Å². The van der Waals surface area contributed by atoms with Gasteiger partial charge < -0.3 is 14.5 Å². The number of hydrogen-bond donors (Lipinski definition) is 1. The molecule has 0 saturated carbocycles. The molecule has 174 valence electrons. The zero-order chi connectivity index (χ0) is 23.6. The second kappa shape index (κ2) is 10.1. The van der Waals surface area contributed by atoms with Gasteiger partial charge in [0, 0.05) is 29.7 Å². The lowest BCUT2D eigenvalue weighted by molar-refractivity contribution is 0.208. The Morgan fingerprint density at radius 2 is 1.73 bits per heavy atom. The highest BCUT2D eigenvalue weighted by Gasteiger charge is 2.23. The van der Waals surface area contributed by atoms with Crippen molar-refractivity contribution in [1.29, 1.82) is 0 Å². The maximum Gasteiger partial charge on any atom is 0.271 e. The van der Waals surface area contributed by atoms with Crippen molar-refractivity contribution in [2.24, 2.45) is 0 Å². The fourth-order valence-electron chi connectivity index (χ4n) is 3.58. The van der Waals surface area contributed by atoms with Gasteiger partial charge in [-0.3, -0.25) is 0 Å². The molecular weight excluding hydrogens is 507 g/mol. The second-order valence-corrected chi connectivity index (χ2v) is 10.6. The highest BCUT2D eigenvalue weighted by atomic mass is 35.5. The molecule has 1 aliphatic rings. The molecule has 1 fully saturated rings. The number of likely N-dealkylation sites (tertiary alicyclic amines) is 1. The van der Waals surface area contributed by atoms with Gasteiger partial charge in [0.05, 0.1) is 14.9 Å². The lowest BCUT2D eigenvalue weighted by Gasteiger charge is -2.18. The molecule has 33 heavy (non-hydrogen) atoms. The maximum atomic E-state index is 12.6. The molecule has 0 aliphatic carbocycles. The van der Waals surface area contributed by atoms with Crippen molar-refractivity contribution in [3.8, 4) is 22.6 Å². The molecular formula is C23H21Cl3N2O4S. The summed E-state index contributed by atoms with van der Waals surface area (Å²) in [7, 11) is -1.89. The van der Waals surface area contributed by atoms with Gasteiger partial charge in [0.2, 0.25) is 0 Å². The van der Waals surface area contributed by atoms with Crippen molar-refractivity contribution in [2.75, 3.05) is 20.1 Å². The Bertz CT molecular complexity index is 1260. The van der Waals surface area contributed by atoms with Crippen molar-refractivity contribution < 1.29 is 18.0 Å². The predicted octanol–water partition coefficient (Wildman–Crippen LogP) is 5.67. The monoisotopic (exact) mass is 526 g/mol. The van der Waals surface area contributed by atoms with Gasteiger partial charge in [0.1, 0.15) is 11.9 Å². The molecule has 10 heteroatoms. The Hall–Kier alpha value is -2.00. The molecule has 0 bridgehead atoms. The summed E-state index contributed by atoms with van der Waals surface area (Å²) < 4.78 is 31.3. The van der Waals surface area contributed by atoms with Crippen LogP contribution in [0.5, 0.6) is 11.5 Å². The Labute approximate surface area is 208 Å². The first kappa shape index (κ1) is 24.1. The van der Waals surface area contributed by atoms with Crippen molar-refractivity contribution >= 4 is 44.8 Å². The number of rotatable bonds is 7. The molecule has 3 aromatic carbocycles. The minimum absolute atomic E-state index is 0.0249. The van der Waals surface area contributed by atoms with Gasteiger partial charge in [0.15, 0.2) is 5.75 Å². The van der Waals surface area contributed by atoms with E-state index in [1.165, 1.54) is 18.2 Å². The molecule has 0 unspecified atom stereocenters. The fourth-order valence-corrected chi connectivity index (χ4v) is 5.13. The SMILES string of the molecule is CN1CC[C@@H](Oc2cc(-c3c(Cl)cc(Cl)cc3ONS(=O)(=O)c3ccccc3)ccc2Cl)C1. The topological polar surface area (TPSA) is 67.9 Å². The van der Waals surface area contributed by atoms with E-state index in [0.29, 0.717) is 21.9 Å². The summed E-state index contributed by atoms with van der Waals surface area (Å²) >= 11 is 19.0. The highest BCUT2D eigenvalue weighted by Crippen LogP contribution is 2.42. The number of ether oxygens (including phenoxy) is 1. The molecule has 4 rings (SSSR count). The third-order valence-corrected chi connectivity index (χ3v) is 7.22. The van der Waals surface area contributed by atoms with Crippen LogP contribution in [0, 0.1) is 0 Å². The molecule has 1 N–H and O–H groups in total. The first-order valence-electron chi connectivity index (χ1n) is 10.1. The van der Waals surface area contributed by atoms with E-state index < -0.39 is 10.0 Å². The van der Waals surface area contributed by atoms with Crippen LogP contribution in [-0.2, 0) is 10.0 Å². The number of hydrogen-bond acceptors (Lipinski definition) is 5. The summed E-state index contributed by atoms with van der Waals surface area (Å²) in [6.07, 6.45) is 0.922. The number of likely N-dealkylation sites (N-methyl/N-ethyl adjacent to an activating group) is 1. The third-order valence-electron chi connectivity index (χ3n) is 5.20. The standard InChI is InChI=1S/C23H21Cl3N2O4S/c1-28-10-9-17(14-28)31-21-11-15(7-8-19(21)25)23-20(26)12-16(24)13-22(23)32-27-33(29,30)18-5-3-2-4-6-18/h2-8,11-13,17,27H,9-10,14H2,1H3/t17-/m1/s1. The number of nitrogens with zero attached hydrogens (tertiary/aromatic N) is 1. The van der Waals surface area contributed by atoms with Crippen molar-refractivity contribution in [2.45, 2.75) is 17.4 Å². The van der Waals surface area contributed by atoms with Crippen LogP contribution >= 0.6 is 34.8 Å². The maximum absolute atomic E-state index is 12.6. The van der Waals surface area contributed by atoms with Gasteiger partial charge in [-0.2, -0.15) is 0 Å². The van der Waals surface area contributed by atoms with Gasteiger partial charge in [0.25, 0.3) is 10.0 Å². The van der Waals surface area contributed by atoms with E-state index in [4.69, 9.17) is 44.4 Å². The molecule has 0 aromatic heterocycles. The molecule has 0 radical (unpaired) electrons. The fraction of sp³-hybridized carbons (Fsp3) is 0.217. The van der Waals surface area contributed by atoms with Crippen molar-refractivity contribution in [3.05, 3.63) is 75.7 Å². The van der Waals surface area contributed by atoms with Crippen molar-refractivity contribution in [3.63, 3.8) is 0 Å². The number of nitrogens with one attached hydrogen (secondary N) is 1. The molecule has 0 spiro atoms. The average Bonchev–Trinajstić information content (AvgIpc) is 3.19. The summed E-state index contributed by atoms with van der Waals surface area (Å²) in [5.74, 6) is 0.650. The van der Waals surface area contributed by atoms with Gasteiger partial charge in [-0.05, 0) is 54.2 Å². The Morgan fingerprint density at radius 1 is 0.970 bits per heavy atom. The van der Waals surface area contributed by atoms with Crippen LogP contribution in [0.15, 0.2) is 65.6 Å². The molecule has 3 aromatic rings. The summed E-state index contributed by atoms with van der Waals surface area (Å²) in [6.45, 7) is 1.75. The quantitative estimate of drug-likeness (QED) is 0.401. The molecule has 6 nitrogen and oxygen atoms in total. The lowest BCUT2D eigenvalue weighted by Crippen LogP contribution is -2.27. The summed E-state index contributed by atoms with van der Waals surface area (Å²) in [4.78, 5) is 9.88. The van der Waals surface area contributed by atoms with Crippen LogP contribution in [0.3, 0.4) is 0 Å². The van der Waals surface area contributed by atoms with E-state index in [0.717, 1.165) is 19.5 Å². The van der Waals surface area contributed by atoms with Gasteiger partial charge in [-0.15, -0.1) is 0 Å². The van der Waals surface area contributed by atoms with Gasteiger partial charge >= 0.3 is 0 Å². The minimum Gasteiger partial charge on any atom is -0.487 e. The first-order chi connectivity index (χ1) is 15.7. The Balaban J connectivity index is 1.65. The largest absolute Gasteiger partial charge is 0.487 e. The van der Waals surface area contributed by atoms with E-state index in [-0.39, 0.29) is 26.8 Å². The molecule has 0 amide bonds. The number of halogens is 3. The van der Waals surface area contributed by atoms with E-state index in [1.807, 2.05) is 7.05 Å². The van der Waals surface area contributed by atoms with Crippen LogP contribution in [0.25, 0.3) is 11.1 Å². The van der Waals surface area contributed by atoms with Crippen LogP contribution in [0.2, 0.25) is 15.1 Å². The minimum atomic E-state index is -3.93.